The van der Waals surface area contributed by atoms with Gasteiger partial charge in [-0.2, -0.15) is 4.98 Å². The van der Waals surface area contributed by atoms with Gasteiger partial charge in [-0.25, -0.2) is 0 Å². The second kappa shape index (κ2) is 3.32. The summed E-state index contributed by atoms with van der Waals surface area (Å²) in [6.07, 6.45) is 0.962. The Bertz CT molecular complexity index is 384. The van der Waals surface area contributed by atoms with Gasteiger partial charge in [-0.15, -0.1) is 0 Å². The quantitative estimate of drug-likeness (QED) is 0.807. The Kier molecular flexibility index (Phi) is 2.25. The third kappa shape index (κ3) is 2.16. The molecule has 5 nitrogen and oxygen atoms in total. The number of rotatable bonds is 3. The van der Waals surface area contributed by atoms with E-state index in [1.165, 1.54) is 0 Å². The van der Waals surface area contributed by atoms with Crippen LogP contribution in [0.5, 0.6) is 0 Å². The molecule has 1 aromatic rings. The van der Waals surface area contributed by atoms with Gasteiger partial charge in [-0.3, -0.25) is 4.79 Å². The summed E-state index contributed by atoms with van der Waals surface area (Å²) in [7, 11) is 0. The fourth-order valence-electron chi connectivity index (χ4n) is 1.62. The van der Waals surface area contributed by atoms with Crippen molar-refractivity contribution in [3.05, 3.63) is 11.7 Å². The summed E-state index contributed by atoms with van der Waals surface area (Å²) in [6, 6.07) is 0. The number of hydrogen-bond acceptors (Lipinski definition) is 4. The van der Waals surface area contributed by atoms with Gasteiger partial charge in [-0.1, -0.05) is 19.0 Å². The van der Waals surface area contributed by atoms with Gasteiger partial charge in [0, 0.05) is 12.8 Å². The van der Waals surface area contributed by atoms with Crippen LogP contribution in [0.1, 0.15) is 32.0 Å². The van der Waals surface area contributed by atoms with Crippen LogP contribution in [0.2, 0.25) is 0 Å². The first kappa shape index (κ1) is 10.1. The molecule has 15 heavy (non-hydrogen) atoms. The van der Waals surface area contributed by atoms with E-state index in [1.807, 2.05) is 0 Å². The Balaban J connectivity index is 1.82. The molecule has 0 aromatic carbocycles. The van der Waals surface area contributed by atoms with Gasteiger partial charge in [0.15, 0.2) is 5.82 Å². The van der Waals surface area contributed by atoms with Crippen molar-refractivity contribution in [3.63, 3.8) is 0 Å². The maximum absolute atomic E-state index is 11.6. The van der Waals surface area contributed by atoms with Crippen molar-refractivity contribution in [1.82, 2.24) is 15.5 Å². The predicted octanol–water partition coefficient (Wildman–Crippen LogP) is 1.04. The number of nitrogens with one attached hydrogen (secondary N) is 1. The monoisotopic (exact) mass is 209 g/mol. The largest absolute Gasteiger partial charge is 0.348 e. The van der Waals surface area contributed by atoms with Crippen LogP contribution in [0, 0.1) is 18.3 Å². The average molecular weight is 209 g/mol. The molecule has 1 saturated carbocycles. The first-order valence-electron chi connectivity index (χ1n) is 5.06. The smallest absolute Gasteiger partial charge is 0.224 e. The van der Waals surface area contributed by atoms with E-state index in [0.29, 0.717) is 18.3 Å². The molecule has 1 atom stereocenters. The molecule has 0 bridgehead atoms. The zero-order chi connectivity index (χ0) is 11.1. The van der Waals surface area contributed by atoms with Crippen LogP contribution < -0.4 is 5.32 Å². The van der Waals surface area contributed by atoms with E-state index in [1.54, 1.807) is 6.92 Å². The molecule has 1 fully saturated rings. The molecule has 1 aliphatic rings. The molecule has 1 amide bonds. The number of aryl methyl sites for hydroxylation is 1. The van der Waals surface area contributed by atoms with E-state index in [-0.39, 0.29) is 17.2 Å². The van der Waals surface area contributed by atoms with Crippen molar-refractivity contribution >= 4 is 5.91 Å². The molecular formula is C10H15N3O2. The second-order valence-corrected chi connectivity index (χ2v) is 4.69. The van der Waals surface area contributed by atoms with Crippen molar-refractivity contribution in [2.75, 3.05) is 0 Å². The highest BCUT2D eigenvalue weighted by atomic mass is 16.5. The number of aromatic nitrogens is 2. The van der Waals surface area contributed by atoms with Crippen LogP contribution in [-0.4, -0.2) is 16.0 Å². The summed E-state index contributed by atoms with van der Waals surface area (Å²) < 4.78 is 4.80. The summed E-state index contributed by atoms with van der Waals surface area (Å²) in [6.45, 7) is 6.26. The maximum Gasteiger partial charge on any atom is 0.224 e. The lowest BCUT2D eigenvalue weighted by molar-refractivity contribution is -0.123. The Morgan fingerprint density at radius 3 is 2.80 bits per heavy atom. The third-order valence-electron chi connectivity index (χ3n) is 2.82. The minimum absolute atomic E-state index is 0.0856. The van der Waals surface area contributed by atoms with E-state index < -0.39 is 0 Å². The Morgan fingerprint density at radius 1 is 1.67 bits per heavy atom. The van der Waals surface area contributed by atoms with Crippen LogP contribution in [-0.2, 0) is 11.3 Å². The van der Waals surface area contributed by atoms with Gasteiger partial charge in [0.05, 0.1) is 6.54 Å². The minimum atomic E-state index is 0.0856. The van der Waals surface area contributed by atoms with Crippen LogP contribution in [0.4, 0.5) is 0 Å². The number of nitrogens with zero attached hydrogens (tertiary/aromatic N) is 2. The number of hydrogen-bond donors (Lipinski definition) is 1. The van der Waals surface area contributed by atoms with Gasteiger partial charge in [0.1, 0.15) is 0 Å². The molecular weight excluding hydrogens is 194 g/mol. The molecule has 2 rings (SSSR count). The molecule has 0 aliphatic heterocycles. The van der Waals surface area contributed by atoms with E-state index in [0.717, 1.165) is 6.42 Å². The van der Waals surface area contributed by atoms with Gasteiger partial charge in [0.25, 0.3) is 0 Å². The predicted molar refractivity (Wildman–Crippen MR) is 52.8 cm³/mol. The lowest BCUT2D eigenvalue weighted by atomic mass is 10.1. The van der Waals surface area contributed by atoms with Crippen molar-refractivity contribution in [2.24, 2.45) is 11.3 Å². The van der Waals surface area contributed by atoms with Crippen LogP contribution in [0.25, 0.3) is 0 Å². The van der Waals surface area contributed by atoms with Crippen molar-refractivity contribution in [1.29, 1.82) is 0 Å². The van der Waals surface area contributed by atoms with E-state index in [2.05, 4.69) is 29.3 Å². The lowest BCUT2D eigenvalue weighted by Gasteiger charge is -2.03. The van der Waals surface area contributed by atoms with Gasteiger partial charge in [-0.05, 0) is 11.8 Å². The minimum Gasteiger partial charge on any atom is -0.348 e. The molecule has 5 heteroatoms. The molecule has 0 radical (unpaired) electrons. The summed E-state index contributed by atoms with van der Waals surface area (Å²) >= 11 is 0. The van der Waals surface area contributed by atoms with Crippen LogP contribution >= 0.6 is 0 Å². The van der Waals surface area contributed by atoms with Crippen LogP contribution in [0.3, 0.4) is 0 Å². The van der Waals surface area contributed by atoms with Gasteiger partial charge in [0.2, 0.25) is 11.8 Å². The maximum atomic E-state index is 11.6. The summed E-state index contributed by atoms with van der Waals surface area (Å²) in [5.74, 6) is 1.28. The number of carbonyl (C=O) groups is 1. The van der Waals surface area contributed by atoms with Crippen molar-refractivity contribution in [2.45, 2.75) is 33.7 Å². The third-order valence-corrected chi connectivity index (χ3v) is 2.82. The zero-order valence-electron chi connectivity index (χ0n) is 9.20. The second-order valence-electron chi connectivity index (χ2n) is 4.69. The molecule has 1 heterocycles. The standard InChI is InChI=1S/C10H15N3O2/c1-6-12-8(13-15-6)5-11-9(14)7-4-10(7,2)3/h7H,4-5H2,1-3H3,(H,11,14)/t7-/m1/s1. The molecule has 0 unspecified atom stereocenters. The van der Waals surface area contributed by atoms with E-state index >= 15 is 0 Å². The Labute approximate surface area is 88.2 Å². The molecule has 1 aliphatic carbocycles. The normalized spacial score (nSPS) is 22.5. The molecule has 1 aromatic heterocycles. The number of amides is 1. The highest BCUT2D eigenvalue weighted by Crippen LogP contribution is 2.51. The fourth-order valence-corrected chi connectivity index (χ4v) is 1.62. The summed E-state index contributed by atoms with van der Waals surface area (Å²) in [5.41, 5.74) is 0.164. The summed E-state index contributed by atoms with van der Waals surface area (Å²) in [4.78, 5) is 15.6. The topological polar surface area (TPSA) is 68.0 Å². The highest BCUT2D eigenvalue weighted by molar-refractivity contribution is 5.82. The average Bonchev–Trinajstić information content (AvgIpc) is 2.59. The SMILES string of the molecule is Cc1nc(CNC(=O)[C@H]2CC2(C)C)no1. The fraction of sp³-hybridized carbons (Fsp3) is 0.700. The first-order chi connectivity index (χ1) is 6.99. The molecule has 1 N–H and O–H groups in total. The Morgan fingerprint density at radius 2 is 2.33 bits per heavy atom. The number of carbonyl (C=O) groups excluding carboxylic acids is 1. The zero-order valence-corrected chi connectivity index (χ0v) is 9.20. The van der Waals surface area contributed by atoms with Gasteiger partial charge < -0.3 is 9.84 Å². The molecule has 0 saturated heterocycles. The van der Waals surface area contributed by atoms with Crippen LogP contribution in [0.15, 0.2) is 4.52 Å². The van der Waals surface area contributed by atoms with Gasteiger partial charge >= 0.3 is 0 Å². The Hall–Kier alpha value is -1.39. The van der Waals surface area contributed by atoms with E-state index in [9.17, 15) is 4.79 Å². The molecule has 82 valence electrons. The van der Waals surface area contributed by atoms with Crippen molar-refractivity contribution < 1.29 is 9.32 Å². The molecule has 0 spiro atoms. The van der Waals surface area contributed by atoms with Crippen molar-refractivity contribution in [3.8, 4) is 0 Å². The van der Waals surface area contributed by atoms with E-state index in [4.69, 9.17) is 4.52 Å². The summed E-state index contributed by atoms with van der Waals surface area (Å²) in [5, 5.41) is 6.51. The highest BCUT2D eigenvalue weighted by Gasteiger charge is 2.50. The lowest BCUT2D eigenvalue weighted by Crippen LogP contribution is -2.26. The first-order valence-corrected chi connectivity index (χ1v) is 5.06.